The summed E-state index contributed by atoms with van der Waals surface area (Å²) in [5.41, 5.74) is 0.567. The summed E-state index contributed by atoms with van der Waals surface area (Å²) < 4.78 is 10.7. The molecule has 0 fully saturated rings. The number of ether oxygens (including phenoxy) is 1. The van der Waals surface area contributed by atoms with E-state index in [9.17, 15) is 14.4 Å². The monoisotopic (exact) mass is 379 g/mol. The van der Waals surface area contributed by atoms with Crippen molar-refractivity contribution in [2.45, 2.75) is 0 Å². The summed E-state index contributed by atoms with van der Waals surface area (Å²) in [6, 6.07) is 15.2. The van der Waals surface area contributed by atoms with Gasteiger partial charge in [0.2, 0.25) is 0 Å². The van der Waals surface area contributed by atoms with Crippen LogP contribution in [0.3, 0.4) is 0 Å². The van der Waals surface area contributed by atoms with Crippen LogP contribution in [0.4, 0.5) is 5.69 Å². The van der Waals surface area contributed by atoms with Gasteiger partial charge in [0, 0.05) is 5.39 Å². The number of esters is 1. The van der Waals surface area contributed by atoms with Crippen molar-refractivity contribution in [2.24, 2.45) is 0 Å². The summed E-state index contributed by atoms with van der Waals surface area (Å²) in [7, 11) is 1.28. The van der Waals surface area contributed by atoms with Crippen LogP contribution in [0.5, 0.6) is 0 Å². The van der Waals surface area contributed by atoms with Gasteiger partial charge in [-0.25, -0.2) is 9.59 Å². The second kappa shape index (κ2) is 6.69. The normalized spacial score (nSPS) is 10.9. The molecule has 27 heavy (non-hydrogen) atoms. The van der Waals surface area contributed by atoms with Crippen LogP contribution >= 0.6 is 11.3 Å². The zero-order chi connectivity index (χ0) is 19.0. The highest BCUT2D eigenvalue weighted by atomic mass is 32.1. The third-order valence-corrected chi connectivity index (χ3v) is 5.26. The molecule has 7 heteroatoms. The third-order valence-electron chi connectivity index (χ3n) is 4.09. The summed E-state index contributed by atoms with van der Waals surface area (Å²) in [5, 5.41) is 3.83. The van der Waals surface area contributed by atoms with E-state index in [1.165, 1.54) is 24.5 Å². The summed E-state index contributed by atoms with van der Waals surface area (Å²) >= 11 is 1.20. The van der Waals surface area contributed by atoms with Crippen LogP contribution in [0.25, 0.3) is 21.1 Å². The van der Waals surface area contributed by atoms with E-state index in [2.05, 4.69) is 5.32 Å². The SMILES string of the molecule is COC(=O)c1ccccc1NC(=O)c1cc2c(=O)oc3ccccc3c2s1. The Balaban J connectivity index is 1.77. The molecule has 2 heterocycles. The molecule has 6 nitrogen and oxygen atoms in total. The minimum atomic E-state index is -0.547. The van der Waals surface area contributed by atoms with Crippen LogP contribution < -0.4 is 10.9 Å². The fourth-order valence-corrected chi connectivity index (χ4v) is 3.89. The first kappa shape index (κ1) is 17.0. The van der Waals surface area contributed by atoms with Gasteiger partial charge < -0.3 is 14.5 Å². The molecule has 0 aliphatic carbocycles. The van der Waals surface area contributed by atoms with Crippen molar-refractivity contribution >= 4 is 50.0 Å². The molecule has 4 aromatic rings. The van der Waals surface area contributed by atoms with E-state index in [-0.39, 0.29) is 5.56 Å². The van der Waals surface area contributed by atoms with Gasteiger partial charge in [-0.05, 0) is 30.3 Å². The van der Waals surface area contributed by atoms with E-state index < -0.39 is 17.5 Å². The topological polar surface area (TPSA) is 85.6 Å². The number of benzene rings is 2. The maximum atomic E-state index is 12.7. The zero-order valence-electron chi connectivity index (χ0n) is 14.1. The van der Waals surface area contributed by atoms with Crippen molar-refractivity contribution in [1.29, 1.82) is 0 Å². The molecule has 0 aliphatic rings. The lowest BCUT2D eigenvalue weighted by Gasteiger charge is -2.08. The van der Waals surface area contributed by atoms with E-state index in [4.69, 9.17) is 9.15 Å². The van der Waals surface area contributed by atoms with Gasteiger partial charge in [-0.3, -0.25) is 4.79 Å². The average Bonchev–Trinajstić information content (AvgIpc) is 3.14. The predicted molar refractivity (Wildman–Crippen MR) is 104 cm³/mol. The molecule has 0 bridgehead atoms. The highest BCUT2D eigenvalue weighted by Crippen LogP contribution is 2.31. The van der Waals surface area contributed by atoms with E-state index in [0.717, 1.165) is 5.39 Å². The van der Waals surface area contributed by atoms with Crippen molar-refractivity contribution in [3.63, 3.8) is 0 Å². The van der Waals surface area contributed by atoms with Gasteiger partial charge in [0.05, 0.1) is 33.3 Å². The standard InChI is InChI=1S/C20H13NO5S/c1-25-19(23)11-6-2-4-8-14(11)21-18(22)16-10-13-17(27-16)12-7-3-5-9-15(12)26-20(13)24/h2-10H,1H3,(H,21,22). The number of carbonyl (C=O) groups is 2. The number of amides is 1. The summed E-state index contributed by atoms with van der Waals surface area (Å²) in [6.07, 6.45) is 0. The maximum Gasteiger partial charge on any atom is 0.345 e. The molecule has 0 aliphatic heterocycles. The van der Waals surface area contributed by atoms with Crippen LogP contribution in [-0.2, 0) is 4.74 Å². The number of nitrogens with one attached hydrogen (secondary N) is 1. The molecule has 1 N–H and O–H groups in total. The predicted octanol–water partition coefficient (Wildman–Crippen LogP) is 4.05. The number of carbonyl (C=O) groups excluding carboxylic acids is 2. The summed E-state index contributed by atoms with van der Waals surface area (Å²) in [5.74, 6) is -0.968. The Labute approximate surface area is 157 Å². The third kappa shape index (κ3) is 2.98. The van der Waals surface area contributed by atoms with Gasteiger partial charge in [0.1, 0.15) is 5.58 Å². The molecule has 0 unspecified atom stereocenters. The molecule has 2 aromatic heterocycles. The molecule has 0 saturated carbocycles. The van der Waals surface area contributed by atoms with Gasteiger partial charge in [0.25, 0.3) is 5.91 Å². The zero-order valence-corrected chi connectivity index (χ0v) is 15.0. The first-order valence-corrected chi connectivity index (χ1v) is 8.84. The fourth-order valence-electron chi connectivity index (χ4n) is 2.82. The number of thiophene rings is 1. The second-order valence-electron chi connectivity index (χ2n) is 5.73. The number of hydrogen-bond donors (Lipinski definition) is 1. The number of rotatable bonds is 3. The van der Waals surface area contributed by atoms with Crippen LogP contribution in [0.1, 0.15) is 20.0 Å². The molecule has 0 atom stereocenters. The molecule has 1 amide bonds. The van der Waals surface area contributed by atoms with E-state index in [0.29, 0.717) is 26.2 Å². The maximum absolute atomic E-state index is 12.7. The van der Waals surface area contributed by atoms with Crippen molar-refractivity contribution in [1.82, 2.24) is 0 Å². The molecule has 4 rings (SSSR count). The molecular weight excluding hydrogens is 366 g/mol. The second-order valence-corrected chi connectivity index (χ2v) is 6.78. The van der Waals surface area contributed by atoms with Gasteiger partial charge in [-0.15, -0.1) is 11.3 Å². The van der Waals surface area contributed by atoms with Crippen molar-refractivity contribution in [2.75, 3.05) is 12.4 Å². The number of para-hydroxylation sites is 2. The summed E-state index contributed by atoms with van der Waals surface area (Å²) in [4.78, 5) is 37.1. The van der Waals surface area contributed by atoms with Gasteiger partial charge >= 0.3 is 11.6 Å². The van der Waals surface area contributed by atoms with Crippen molar-refractivity contribution in [3.05, 3.63) is 75.5 Å². The highest BCUT2D eigenvalue weighted by molar-refractivity contribution is 7.21. The van der Waals surface area contributed by atoms with Crippen molar-refractivity contribution < 1.29 is 18.7 Å². The van der Waals surface area contributed by atoms with Crippen LogP contribution in [0.15, 0.2) is 63.8 Å². The smallest absolute Gasteiger partial charge is 0.345 e. The van der Waals surface area contributed by atoms with E-state index in [1.807, 2.05) is 12.1 Å². The van der Waals surface area contributed by atoms with Crippen LogP contribution in [0.2, 0.25) is 0 Å². The number of hydrogen-bond acceptors (Lipinski definition) is 6. The Bertz CT molecular complexity index is 1250. The van der Waals surface area contributed by atoms with Gasteiger partial charge in [-0.2, -0.15) is 0 Å². The Morgan fingerprint density at radius 3 is 2.59 bits per heavy atom. The molecule has 0 radical (unpaired) electrons. The van der Waals surface area contributed by atoms with E-state index >= 15 is 0 Å². The number of methoxy groups -OCH3 is 1. The Morgan fingerprint density at radius 2 is 1.78 bits per heavy atom. The lowest BCUT2D eigenvalue weighted by atomic mass is 10.1. The summed E-state index contributed by atoms with van der Waals surface area (Å²) in [6.45, 7) is 0. The first-order valence-electron chi connectivity index (χ1n) is 8.02. The minimum absolute atomic E-state index is 0.249. The lowest BCUT2D eigenvalue weighted by Crippen LogP contribution is -2.14. The number of fused-ring (bicyclic) bond motifs is 3. The molecule has 2 aromatic carbocycles. The highest BCUT2D eigenvalue weighted by Gasteiger charge is 2.18. The van der Waals surface area contributed by atoms with E-state index in [1.54, 1.807) is 36.4 Å². The number of anilines is 1. The van der Waals surface area contributed by atoms with Gasteiger partial charge in [0.15, 0.2) is 0 Å². The molecule has 0 saturated heterocycles. The lowest BCUT2D eigenvalue weighted by molar-refractivity contribution is 0.0602. The molecule has 0 spiro atoms. The van der Waals surface area contributed by atoms with Crippen LogP contribution in [0, 0.1) is 0 Å². The van der Waals surface area contributed by atoms with Crippen molar-refractivity contribution in [3.8, 4) is 0 Å². The Morgan fingerprint density at radius 1 is 1.04 bits per heavy atom. The Hall–Kier alpha value is -3.45. The quantitative estimate of drug-likeness (QED) is 0.429. The first-order chi connectivity index (χ1) is 13.1. The van der Waals surface area contributed by atoms with Crippen LogP contribution in [-0.4, -0.2) is 19.0 Å². The minimum Gasteiger partial charge on any atom is -0.465 e. The fraction of sp³-hybridized carbons (Fsp3) is 0.0500. The van der Waals surface area contributed by atoms with Gasteiger partial charge in [-0.1, -0.05) is 24.3 Å². The molecule has 134 valence electrons. The average molecular weight is 379 g/mol. The largest absolute Gasteiger partial charge is 0.465 e. The Kier molecular flexibility index (Phi) is 4.21. The molecular formula is C20H13NO5S.